The van der Waals surface area contributed by atoms with Crippen LogP contribution in [0, 0.1) is 5.82 Å². The molecule has 2 N–H and O–H groups in total. The quantitative estimate of drug-likeness (QED) is 0.697. The Kier molecular flexibility index (Phi) is 5.35. The van der Waals surface area contributed by atoms with E-state index in [1.807, 2.05) is 0 Å². The summed E-state index contributed by atoms with van der Waals surface area (Å²) in [6, 6.07) is 4.62. The molecule has 2 heterocycles. The van der Waals surface area contributed by atoms with Crippen molar-refractivity contribution < 1.29 is 23.4 Å². The van der Waals surface area contributed by atoms with Crippen LogP contribution in [0.3, 0.4) is 0 Å². The molecule has 10 heteroatoms. The molecule has 3 rings (SSSR count). The Hall–Kier alpha value is -3.69. The summed E-state index contributed by atoms with van der Waals surface area (Å²) in [6.07, 6.45) is 3.63. The second-order valence-electron chi connectivity index (χ2n) is 7.05. The summed E-state index contributed by atoms with van der Waals surface area (Å²) in [5, 5.41) is 4.30. The predicted molar refractivity (Wildman–Crippen MR) is 101 cm³/mol. The van der Waals surface area contributed by atoms with E-state index < -0.39 is 17.3 Å². The molecule has 0 fully saturated rings. The number of rotatable bonds is 5. The van der Waals surface area contributed by atoms with Gasteiger partial charge in [0, 0.05) is 17.8 Å². The number of primary amides is 1. The number of carbonyl (C=O) groups is 1. The third-order valence-electron chi connectivity index (χ3n) is 3.87. The van der Waals surface area contributed by atoms with E-state index in [-0.39, 0.29) is 29.0 Å². The Morgan fingerprint density at radius 3 is 2.38 bits per heavy atom. The number of halogens is 1. The number of amides is 1. The van der Waals surface area contributed by atoms with Gasteiger partial charge < -0.3 is 19.9 Å². The number of nitrogens with two attached hydrogens (primary N) is 1. The van der Waals surface area contributed by atoms with Gasteiger partial charge in [0.15, 0.2) is 11.6 Å². The smallest absolute Gasteiger partial charge is 0.410 e. The van der Waals surface area contributed by atoms with Gasteiger partial charge in [0.2, 0.25) is 5.88 Å². The maximum atomic E-state index is 15.0. The Morgan fingerprint density at radius 2 is 1.79 bits per heavy atom. The zero-order chi connectivity index (χ0) is 21.2. The highest BCUT2D eigenvalue weighted by atomic mass is 19.1. The van der Waals surface area contributed by atoms with E-state index in [1.165, 1.54) is 23.9 Å². The lowest BCUT2D eigenvalue weighted by Gasteiger charge is -2.23. The molecule has 3 aromatic rings. The monoisotopic (exact) mass is 401 g/mol. The summed E-state index contributed by atoms with van der Waals surface area (Å²) < 4.78 is 31.9. The van der Waals surface area contributed by atoms with E-state index in [1.54, 1.807) is 45.4 Å². The lowest BCUT2D eigenvalue weighted by Crippen LogP contribution is -2.20. The van der Waals surface area contributed by atoms with Crippen molar-refractivity contribution in [2.24, 2.45) is 5.73 Å². The van der Waals surface area contributed by atoms with Crippen LogP contribution in [0.15, 0.2) is 36.8 Å². The largest absolute Gasteiger partial charge is 0.467 e. The first-order valence-corrected chi connectivity index (χ1v) is 8.59. The molecular formula is C19H20FN5O4. The van der Waals surface area contributed by atoms with Gasteiger partial charge in [-0.2, -0.15) is 0 Å². The van der Waals surface area contributed by atoms with Crippen molar-refractivity contribution in [2.45, 2.75) is 26.2 Å². The van der Waals surface area contributed by atoms with Gasteiger partial charge >= 0.3 is 12.1 Å². The first-order valence-electron chi connectivity index (χ1n) is 8.59. The number of aromatic nitrogens is 4. The van der Waals surface area contributed by atoms with Crippen LogP contribution in [0.2, 0.25) is 0 Å². The topological polar surface area (TPSA) is 114 Å². The molecule has 0 atom stereocenters. The molecule has 0 saturated carbocycles. The third-order valence-corrected chi connectivity index (χ3v) is 3.87. The summed E-state index contributed by atoms with van der Waals surface area (Å²) in [5.41, 5.74) is 5.16. The minimum absolute atomic E-state index is 0.221. The molecule has 152 valence electrons. The van der Waals surface area contributed by atoms with Gasteiger partial charge in [-0.05, 0) is 17.5 Å². The van der Waals surface area contributed by atoms with Crippen LogP contribution < -0.4 is 19.9 Å². The Morgan fingerprint density at radius 1 is 1.14 bits per heavy atom. The standard InChI is InChI=1S/C19H20FN5O4/c1-19(2,3)15-12(5-6-13(16(15)20)29-17(21)26)28-14-7-8-25(24-14)11-9-22-18(27-4)23-10-11/h5-10H,1-4H3,(H2,21,26). The molecule has 0 radical (unpaired) electrons. The summed E-state index contributed by atoms with van der Waals surface area (Å²) in [7, 11) is 1.47. The molecule has 29 heavy (non-hydrogen) atoms. The van der Waals surface area contributed by atoms with Crippen molar-refractivity contribution in [1.29, 1.82) is 0 Å². The van der Waals surface area contributed by atoms with Gasteiger partial charge in [0.25, 0.3) is 0 Å². The van der Waals surface area contributed by atoms with Crippen molar-refractivity contribution >= 4 is 6.09 Å². The molecule has 0 spiro atoms. The van der Waals surface area contributed by atoms with Gasteiger partial charge in [-0.15, -0.1) is 5.10 Å². The number of nitrogens with zero attached hydrogens (tertiary/aromatic N) is 4. The van der Waals surface area contributed by atoms with E-state index in [0.29, 0.717) is 5.69 Å². The molecular weight excluding hydrogens is 381 g/mol. The molecule has 1 amide bonds. The predicted octanol–water partition coefficient (Wildman–Crippen LogP) is 3.36. The zero-order valence-corrected chi connectivity index (χ0v) is 16.3. The van der Waals surface area contributed by atoms with Crippen LogP contribution >= 0.6 is 0 Å². The van der Waals surface area contributed by atoms with E-state index in [0.717, 1.165) is 0 Å². The molecule has 9 nitrogen and oxygen atoms in total. The highest BCUT2D eigenvalue weighted by Crippen LogP contribution is 2.39. The van der Waals surface area contributed by atoms with Crippen LogP contribution in [-0.4, -0.2) is 33.0 Å². The van der Waals surface area contributed by atoms with Gasteiger partial charge in [-0.3, -0.25) is 0 Å². The van der Waals surface area contributed by atoms with Crippen molar-refractivity contribution in [2.75, 3.05) is 7.11 Å². The van der Waals surface area contributed by atoms with Gasteiger partial charge in [-0.25, -0.2) is 23.8 Å². The van der Waals surface area contributed by atoms with E-state index >= 15 is 0 Å². The molecule has 0 aliphatic heterocycles. The minimum Gasteiger partial charge on any atom is -0.467 e. The summed E-state index contributed by atoms with van der Waals surface area (Å²) in [4.78, 5) is 19.1. The Balaban J connectivity index is 1.92. The second kappa shape index (κ2) is 7.74. The number of hydrogen-bond donors (Lipinski definition) is 1. The summed E-state index contributed by atoms with van der Waals surface area (Å²) in [5.74, 6) is -0.523. The number of hydrogen-bond acceptors (Lipinski definition) is 7. The second-order valence-corrected chi connectivity index (χ2v) is 7.05. The van der Waals surface area contributed by atoms with Crippen molar-refractivity contribution in [1.82, 2.24) is 19.7 Å². The first kappa shape index (κ1) is 20.1. The average molecular weight is 401 g/mol. The van der Waals surface area contributed by atoms with Crippen LogP contribution in [0.5, 0.6) is 23.4 Å². The van der Waals surface area contributed by atoms with Crippen molar-refractivity contribution in [3.8, 4) is 29.1 Å². The SMILES string of the molecule is COc1ncc(-n2ccc(Oc3ccc(OC(N)=O)c(F)c3C(C)(C)C)n2)cn1. The average Bonchev–Trinajstić information content (AvgIpc) is 3.11. The van der Waals surface area contributed by atoms with Crippen LogP contribution in [-0.2, 0) is 5.41 Å². The Bertz CT molecular complexity index is 1030. The molecule has 0 bridgehead atoms. The number of ether oxygens (including phenoxy) is 3. The zero-order valence-electron chi connectivity index (χ0n) is 16.3. The maximum Gasteiger partial charge on any atom is 0.410 e. The van der Waals surface area contributed by atoms with Crippen molar-refractivity contribution in [3.05, 3.63) is 48.2 Å². The van der Waals surface area contributed by atoms with Crippen LogP contribution in [0.1, 0.15) is 26.3 Å². The van der Waals surface area contributed by atoms with Gasteiger partial charge in [0.1, 0.15) is 11.4 Å². The van der Waals surface area contributed by atoms with E-state index in [2.05, 4.69) is 15.1 Å². The number of methoxy groups -OCH3 is 1. The molecule has 0 aliphatic carbocycles. The molecule has 0 saturated heterocycles. The van der Waals surface area contributed by atoms with Crippen LogP contribution in [0.4, 0.5) is 9.18 Å². The molecule has 2 aromatic heterocycles. The Labute approximate surface area is 166 Å². The fourth-order valence-corrected chi connectivity index (χ4v) is 2.66. The number of benzene rings is 1. The molecule has 1 aromatic carbocycles. The molecule has 0 aliphatic rings. The molecule has 0 unspecified atom stereocenters. The highest BCUT2D eigenvalue weighted by molar-refractivity contribution is 5.68. The van der Waals surface area contributed by atoms with Crippen molar-refractivity contribution in [3.63, 3.8) is 0 Å². The summed E-state index contributed by atoms with van der Waals surface area (Å²) in [6.45, 7) is 5.42. The minimum atomic E-state index is -1.10. The van der Waals surface area contributed by atoms with Gasteiger partial charge in [-0.1, -0.05) is 20.8 Å². The van der Waals surface area contributed by atoms with E-state index in [4.69, 9.17) is 19.9 Å². The van der Waals surface area contributed by atoms with E-state index in [9.17, 15) is 9.18 Å². The maximum absolute atomic E-state index is 15.0. The van der Waals surface area contributed by atoms with Gasteiger partial charge in [0.05, 0.1) is 19.5 Å². The summed E-state index contributed by atoms with van der Waals surface area (Å²) >= 11 is 0. The first-order chi connectivity index (χ1) is 13.7. The normalized spacial score (nSPS) is 11.2. The van der Waals surface area contributed by atoms with Crippen LogP contribution in [0.25, 0.3) is 5.69 Å². The highest BCUT2D eigenvalue weighted by Gasteiger charge is 2.27. The fraction of sp³-hybridized carbons (Fsp3) is 0.263. The lowest BCUT2D eigenvalue weighted by atomic mass is 9.85. The number of carbonyl (C=O) groups excluding carboxylic acids is 1. The lowest BCUT2D eigenvalue weighted by molar-refractivity contribution is 0.208. The fourth-order valence-electron chi connectivity index (χ4n) is 2.66. The third kappa shape index (κ3) is 4.42.